The maximum atomic E-state index is 11.6. The smallest absolute Gasteiger partial charge is 0.303 e. The largest absolute Gasteiger partial charge is 0.449 e. The molecule has 1 aromatic carbocycles. The summed E-state index contributed by atoms with van der Waals surface area (Å²) in [7, 11) is -3.76. The molecule has 0 fully saturated rings. The first-order valence-electron chi connectivity index (χ1n) is 4.43. The molecule has 17 heavy (non-hydrogen) atoms. The lowest BCUT2D eigenvalue weighted by molar-refractivity contribution is -0.384. The molecule has 8 heteroatoms. The Bertz CT molecular complexity index is 533. The van der Waals surface area contributed by atoms with Crippen LogP contribution in [0.5, 0.6) is 0 Å². The molecule has 1 aromatic rings. The van der Waals surface area contributed by atoms with E-state index in [0.717, 1.165) is 31.2 Å². The summed E-state index contributed by atoms with van der Waals surface area (Å²) in [6, 6.07) is 4.33. The number of ether oxygens (including phenoxy) is 1. The second-order valence-electron chi connectivity index (χ2n) is 3.12. The summed E-state index contributed by atoms with van der Waals surface area (Å²) in [6.45, 7) is 1.09. The lowest BCUT2D eigenvalue weighted by Gasteiger charge is -2.03. The van der Waals surface area contributed by atoms with Crippen LogP contribution in [0.1, 0.15) is 6.92 Å². The highest BCUT2D eigenvalue weighted by molar-refractivity contribution is 7.91. The van der Waals surface area contributed by atoms with Gasteiger partial charge in [0.25, 0.3) is 5.69 Å². The first-order chi connectivity index (χ1) is 7.83. The van der Waals surface area contributed by atoms with Crippen LogP contribution in [0.4, 0.5) is 5.69 Å². The predicted molar refractivity (Wildman–Crippen MR) is 56.9 cm³/mol. The second-order valence-corrected chi connectivity index (χ2v) is 5.06. The summed E-state index contributed by atoms with van der Waals surface area (Å²) < 4.78 is 27.5. The molecule has 1 rings (SSSR count). The van der Waals surface area contributed by atoms with Gasteiger partial charge >= 0.3 is 5.97 Å². The summed E-state index contributed by atoms with van der Waals surface area (Å²) in [5.74, 6) is -1.49. The van der Waals surface area contributed by atoms with Crippen LogP contribution in [0.3, 0.4) is 0 Å². The van der Waals surface area contributed by atoms with Gasteiger partial charge in [-0.1, -0.05) is 0 Å². The minimum absolute atomic E-state index is 0.135. The molecule has 0 spiro atoms. The van der Waals surface area contributed by atoms with Crippen LogP contribution in [0, 0.1) is 10.1 Å². The van der Waals surface area contributed by atoms with Crippen LogP contribution in [0.25, 0.3) is 0 Å². The van der Waals surface area contributed by atoms with Crippen molar-refractivity contribution in [3.8, 4) is 0 Å². The zero-order valence-electron chi connectivity index (χ0n) is 8.82. The van der Waals surface area contributed by atoms with E-state index >= 15 is 0 Å². The topological polar surface area (TPSA) is 104 Å². The van der Waals surface area contributed by atoms with Crippen molar-refractivity contribution < 1.29 is 22.9 Å². The van der Waals surface area contributed by atoms with Crippen molar-refractivity contribution in [1.82, 2.24) is 0 Å². The third-order valence-electron chi connectivity index (χ3n) is 1.82. The van der Waals surface area contributed by atoms with Crippen molar-refractivity contribution in [2.75, 3.05) is 5.94 Å². The van der Waals surface area contributed by atoms with Gasteiger partial charge < -0.3 is 4.74 Å². The minimum atomic E-state index is -3.76. The number of nitro benzene ring substituents is 1. The van der Waals surface area contributed by atoms with Gasteiger partial charge in [-0.05, 0) is 12.1 Å². The van der Waals surface area contributed by atoms with Crippen LogP contribution in [-0.4, -0.2) is 25.2 Å². The number of carbonyl (C=O) groups is 1. The van der Waals surface area contributed by atoms with Crippen molar-refractivity contribution in [3.05, 3.63) is 34.4 Å². The third kappa shape index (κ3) is 3.52. The summed E-state index contributed by atoms with van der Waals surface area (Å²) in [6.07, 6.45) is 0. The Balaban J connectivity index is 2.92. The van der Waals surface area contributed by atoms with Gasteiger partial charge in [0.05, 0.1) is 9.82 Å². The number of rotatable bonds is 4. The molecule has 0 bridgehead atoms. The van der Waals surface area contributed by atoms with Crippen LogP contribution in [0.2, 0.25) is 0 Å². The Morgan fingerprint density at radius 2 is 1.88 bits per heavy atom. The Labute approximate surface area is 97.1 Å². The molecular formula is C9H9NO6S. The molecule has 0 N–H and O–H groups in total. The minimum Gasteiger partial charge on any atom is -0.449 e. The molecule has 0 saturated carbocycles. The molecule has 0 radical (unpaired) electrons. The van der Waals surface area contributed by atoms with E-state index < -0.39 is 26.7 Å². The Kier molecular flexibility index (Phi) is 3.79. The number of hydrogen-bond acceptors (Lipinski definition) is 6. The summed E-state index contributed by atoms with van der Waals surface area (Å²) in [5, 5.41) is 10.4. The number of nitrogens with zero attached hydrogens (tertiary/aromatic N) is 1. The number of benzene rings is 1. The second kappa shape index (κ2) is 4.91. The highest BCUT2D eigenvalue weighted by Gasteiger charge is 2.17. The molecule has 7 nitrogen and oxygen atoms in total. The van der Waals surface area contributed by atoms with Gasteiger partial charge in [-0.15, -0.1) is 0 Å². The summed E-state index contributed by atoms with van der Waals surface area (Å²) >= 11 is 0. The number of sulfone groups is 1. The lowest BCUT2D eigenvalue weighted by Crippen LogP contribution is -2.12. The molecule has 0 amide bonds. The average Bonchev–Trinajstić information content (AvgIpc) is 2.27. The van der Waals surface area contributed by atoms with Gasteiger partial charge in [-0.25, -0.2) is 8.42 Å². The van der Waals surface area contributed by atoms with E-state index in [2.05, 4.69) is 4.74 Å². The van der Waals surface area contributed by atoms with Crippen molar-refractivity contribution >= 4 is 21.5 Å². The van der Waals surface area contributed by atoms with E-state index in [1.54, 1.807) is 0 Å². The Morgan fingerprint density at radius 3 is 2.29 bits per heavy atom. The highest BCUT2D eigenvalue weighted by atomic mass is 32.2. The van der Waals surface area contributed by atoms with Crippen LogP contribution in [-0.2, 0) is 19.4 Å². The lowest BCUT2D eigenvalue weighted by atomic mass is 10.3. The maximum absolute atomic E-state index is 11.6. The fourth-order valence-electron chi connectivity index (χ4n) is 1.00. The average molecular weight is 259 g/mol. The molecule has 0 atom stereocenters. The van der Waals surface area contributed by atoms with Crippen molar-refractivity contribution in [1.29, 1.82) is 0 Å². The van der Waals surface area contributed by atoms with Crippen molar-refractivity contribution in [2.24, 2.45) is 0 Å². The van der Waals surface area contributed by atoms with Gasteiger partial charge in [0.15, 0.2) is 5.94 Å². The molecule has 0 aromatic heterocycles. The van der Waals surface area contributed by atoms with E-state index in [1.165, 1.54) is 0 Å². The summed E-state index contributed by atoms with van der Waals surface area (Å²) in [4.78, 5) is 20.1. The van der Waals surface area contributed by atoms with Crippen LogP contribution in [0.15, 0.2) is 29.2 Å². The SMILES string of the molecule is CC(=O)OCS(=O)(=O)c1ccc([N+](=O)[O-])cc1. The fourth-order valence-corrected chi connectivity index (χ4v) is 2.01. The van der Waals surface area contributed by atoms with E-state index in [1.807, 2.05) is 0 Å². The number of nitro groups is 1. The standard InChI is InChI=1S/C9H9NO6S/c1-7(11)16-6-17(14,15)9-4-2-8(3-5-9)10(12)13/h2-5H,6H2,1H3. The number of carbonyl (C=O) groups excluding carboxylic acids is 1. The fraction of sp³-hybridized carbons (Fsp3) is 0.222. The Morgan fingerprint density at radius 1 is 1.35 bits per heavy atom. The highest BCUT2D eigenvalue weighted by Crippen LogP contribution is 2.16. The number of esters is 1. The summed E-state index contributed by atoms with van der Waals surface area (Å²) in [5.41, 5.74) is -0.212. The molecule has 92 valence electrons. The number of hydrogen-bond donors (Lipinski definition) is 0. The van der Waals surface area contributed by atoms with Crippen molar-refractivity contribution in [2.45, 2.75) is 11.8 Å². The van der Waals surface area contributed by atoms with Crippen LogP contribution >= 0.6 is 0 Å². The van der Waals surface area contributed by atoms with E-state index in [4.69, 9.17) is 0 Å². The molecule has 0 aliphatic carbocycles. The number of non-ortho nitro benzene ring substituents is 1. The van der Waals surface area contributed by atoms with Gasteiger partial charge in [-0.2, -0.15) is 0 Å². The molecule has 0 aliphatic rings. The molecule has 0 unspecified atom stereocenters. The van der Waals surface area contributed by atoms with Crippen LogP contribution < -0.4 is 0 Å². The molecule has 0 aliphatic heterocycles. The zero-order chi connectivity index (χ0) is 13.1. The maximum Gasteiger partial charge on any atom is 0.303 e. The monoisotopic (exact) mass is 259 g/mol. The van der Waals surface area contributed by atoms with Gasteiger partial charge in [-0.3, -0.25) is 14.9 Å². The van der Waals surface area contributed by atoms with E-state index in [-0.39, 0.29) is 10.6 Å². The predicted octanol–water partition coefficient (Wildman–Crippen LogP) is 0.889. The molecule has 0 heterocycles. The van der Waals surface area contributed by atoms with Gasteiger partial charge in [0.1, 0.15) is 0 Å². The quantitative estimate of drug-likeness (QED) is 0.452. The Hall–Kier alpha value is -1.96. The van der Waals surface area contributed by atoms with E-state index in [0.29, 0.717) is 0 Å². The van der Waals surface area contributed by atoms with Gasteiger partial charge in [0, 0.05) is 19.1 Å². The normalized spacial score (nSPS) is 10.9. The first kappa shape index (κ1) is 13.1. The van der Waals surface area contributed by atoms with Crippen molar-refractivity contribution in [3.63, 3.8) is 0 Å². The zero-order valence-corrected chi connectivity index (χ0v) is 9.64. The first-order valence-corrected chi connectivity index (χ1v) is 6.09. The van der Waals surface area contributed by atoms with E-state index in [9.17, 15) is 23.3 Å². The third-order valence-corrected chi connectivity index (χ3v) is 3.24. The molecule has 0 saturated heterocycles. The van der Waals surface area contributed by atoms with Gasteiger partial charge in [0.2, 0.25) is 9.84 Å². The molecular weight excluding hydrogens is 250 g/mol.